The van der Waals surface area contributed by atoms with Gasteiger partial charge in [-0.25, -0.2) is 0 Å². The quantitative estimate of drug-likeness (QED) is 0.260. The van der Waals surface area contributed by atoms with Crippen molar-refractivity contribution in [2.75, 3.05) is 18.0 Å². The fourth-order valence-corrected chi connectivity index (χ4v) is 5.58. The highest BCUT2D eigenvalue weighted by molar-refractivity contribution is 7.87. The molecular weight excluding hydrogens is 527 g/mol. The third kappa shape index (κ3) is 6.50. The molecule has 0 aliphatic carbocycles. The number of thiophene rings is 1. The van der Waals surface area contributed by atoms with Gasteiger partial charge in [0.25, 0.3) is 5.91 Å². The lowest BCUT2D eigenvalue weighted by Crippen LogP contribution is -2.36. The molecule has 0 saturated heterocycles. The zero-order chi connectivity index (χ0) is 25.8. The number of halogens is 2. The van der Waals surface area contributed by atoms with E-state index in [0.717, 1.165) is 18.8 Å². The van der Waals surface area contributed by atoms with Gasteiger partial charge in [0.05, 0.1) is 14.9 Å². The number of amides is 1. The second-order valence-electron chi connectivity index (χ2n) is 8.08. The minimum Gasteiger partial charge on any atom is -0.379 e. The van der Waals surface area contributed by atoms with Crippen molar-refractivity contribution in [3.05, 3.63) is 74.4 Å². The van der Waals surface area contributed by atoms with Crippen LogP contribution in [0.1, 0.15) is 42.9 Å². The molecule has 0 aliphatic rings. The maximum atomic E-state index is 13.2. The zero-order valence-electron chi connectivity index (χ0n) is 20.0. The van der Waals surface area contributed by atoms with E-state index >= 15 is 0 Å². The molecule has 0 N–H and O–H groups in total. The molecule has 188 valence electrons. The van der Waals surface area contributed by atoms with Gasteiger partial charge in [-0.3, -0.25) is 4.79 Å². The highest BCUT2D eigenvalue weighted by Gasteiger charge is 2.25. The lowest BCUT2D eigenvalue weighted by atomic mass is 10.1. The number of hydrogen-bond donors (Lipinski definition) is 0. The van der Waals surface area contributed by atoms with Crippen LogP contribution in [0.4, 0.5) is 5.69 Å². The van der Waals surface area contributed by atoms with Crippen LogP contribution in [0, 0.1) is 0 Å². The summed E-state index contributed by atoms with van der Waals surface area (Å²) in [5.74, 6) is 0.0335. The molecule has 0 unspecified atom stereocenters. The van der Waals surface area contributed by atoms with Crippen molar-refractivity contribution in [3.8, 4) is 5.75 Å². The molecule has 10 heteroatoms. The Hall–Kier alpha value is -2.26. The summed E-state index contributed by atoms with van der Waals surface area (Å²) in [6.07, 6.45) is 0. The zero-order valence-corrected chi connectivity index (χ0v) is 23.1. The van der Waals surface area contributed by atoms with Crippen molar-refractivity contribution < 1.29 is 17.4 Å². The second-order valence-corrected chi connectivity index (χ2v) is 11.4. The van der Waals surface area contributed by atoms with E-state index in [0.29, 0.717) is 10.4 Å². The van der Waals surface area contributed by atoms with Crippen LogP contribution < -0.4 is 9.08 Å². The smallest absolute Gasteiger partial charge is 0.339 e. The molecule has 0 bridgehead atoms. The van der Waals surface area contributed by atoms with Crippen molar-refractivity contribution in [1.82, 2.24) is 4.90 Å². The maximum Gasteiger partial charge on any atom is 0.339 e. The molecule has 3 aromatic rings. The van der Waals surface area contributed by atoms with E-state index in [1.165, 1.54) is 29.5 Å². The first-order chi connectivity index (χ1) is 16.6. The van der Waals surface area contributed by atoms with Crippen molar-refractivity contribution in [2.24, 2.45) is 0 Å². The average Bonchev–Trinajstić information content (AvgIpc) is 3.35. The molecule has 0 atom stereocenters. The van der Waals surface area contributed by atoms with Gasteiger partial charge in [-0.2, -0.15) is 8.42 Å². The van der Waals surface area contributed by atoms with E-state index in [-0.39, 0.29) is 39.2 Å². The molecule has 35 heavy (non-hydrogen) atoms. The summed E-state index contributed by atoms with van der Waals surface area (Å²) >= 11 is 13.4. The van der Waals surface area contributed by atoms with Crippen LogP contribution in [0.25, 0.3) is 0 Å². The molecule has 0 saturated carbocycles. The Morgan fingerprint density at radius 2 is 1.74 bits per heavy atom. The first-order valence-corrected chi connectivity index (χ1v) is 14.2. The summed E-state index contributed by atoms with van der Waals surface area (Å²) < 4.78 is 32.0. The maximum absolute atomic E-state index is 13.2. The molecule has 3 rings (SSSR count). The summed E-state index contributed by atoms with van der Waals surface area (Å²) in [4.78, 5) is 17.4. The topological polar surface area (TPSA) is 66.9 Å². The van der Waals surface area contributed by atoms with Crippen LogP contribution in [0.2, 0.25) is 10.0 Å². The Morgan fingerprint density at radius 1 is 1.03 bits per heavy atom. The number of anilines is 1. The van der Waals surface area contributed by atoms with Crippen LogP contribution in [-0.2, 0) is 16.7 Å². The molecule has 6 nitrogen and oxygen atoms in total. The van der Waals surface area contributed by atoms with Crippen LogP contribution in [0.15, 0.2) is 58.8 Å². The lowest BCUT2D eigenvalue weighted by Gasteiger charge is -2.28. The molecule has 0 radical (unpaired) electrons. The number of carbonyl (C=O) groups excluding carboxylic acids is 1. The predicted octanol–water partition coefficient (Wildman–Crippen LogP) is 6.72. The Morgan fingerprint density at radius 3 is 2.31 bits per heavy atom. The number of rotatable bonds is 10. The Labute approximate surface area is 221 Å². The molecule has 0 spiro atoms. The Balaban J connectivity index is 2.04. The first kappa shape index (κ1) is 27.3. The molecular formula is C25H28Cl2N2O4S2. The van der Waals surface area contributed by atoms with Crippen molar-refractivity contribution in [2.45, 2.75) is 45.2 Å². The van der Waals surface area contributed by atoms with Crippen molar-refractivity contribution in [1.29, 1.82) is 0 Å². The van der Waals surface area contributed by atoms with E-state index in [9.17, 15) is 13.2 Å². The molecule has 1 heterocycles. The van der Waals surface area contributed by atoms with Crippen molar-refractivity contribution in [3.63, 3.8) is 0 Å². The first-order valence-electron chi connectivity index (χ1n) is 11.2. The third-order valence-electron chi connectivity index (χ3n) is 5.52. The largest absolute Gasteiger partial charge is 0.379 e. The van der Waals surface area contributed by atoms with Gasteiger partial charge in [-0.05, 0) is 63.4 Å². The van der Waals surface area contributed by atoms with E-state index in [1.54, 1.807) is 17.0 Å². The van der Waals surface area contributed by atoms with E-state index in [4.69, 9.17) is 27.4 Å². The number of nitrogens with zero attached hydrogens (tertiary/aromatic N) is 2. The van der Waals surface area contributed by atoms with Gasteiger partial charge < -0.3 is 14.0 Å². The second kappa shape index (κ2) is 11.6. The number of benzene rings is 2. The van der Waals surface area contributed by atoms with Gasteiger partial charge in [-0.15, -0.1) is 11.3 Å². The highest BCUT2D eigenvalue weighted by atomic mass is 35.5. The molecule has 1 aromatic heterocycles. The van der Waals surface area contributed by atoms with Gasteiger partial charge in [-0.1, -0.05) is 35.3 Å². The summed E-state index contributed by atoms with van der Waals surface area (Å²) in [6.45, 7) is 9.54. The summed E-state index contributed by atoms with van der Waals surface area (Å²) in [7, 11) is -4.21. The van der Waals surface area contributed by atoms with Crippen LogP contribution >= 0.6 is 34.5 Å². The van der Waals surface area contributed by atoms with Crippen molar-refractivity contribution >= 4 is 56.3 Å². The minimum atomic E-state index is -4.21. The van der Waals surface area contributed by atoms with E-state index in [1.807, 2.05) is 51.3 Å². The minimum absolute atomic E-state index is 0.110. The van der Waals surface area contributed by atoms with Crippen LogP contribution in [-0.4, -0.2) is 38.4 Å². The van der Waals surface area contributed by atoms with Gasteiger partial charge in [0, 0.05) is 43.0 Å². The molecule has 0 aliphatic heterocycles. The monoisotopic (exact) mass is 554 g/mol. The highest BCUT2D eigenvalue weighted by Crippen LogP contribution is 2.32. The van der Waals surface area contributed by atoms with Gasteiger partial charge in [0.1, 0.15) is 10.6 Å². The normalized spacial score (nSPS) is 11.5. The summed E-state index contributed by atoms with van der Waals surface area (Å²) in [5.41, 5.74) is 1.39. The van der Waals surface area contributed by atoms with E-state index in [2.05, 4.69) is 4.90 Å². The fourth-order valence-electron chi connectivity index (χ4n) is 3.55. The average molecular weight is 556 g/mol. The third-order valence-corrected chi connectivity index (χ3v) is 8.34. The van der Waals surface area contributed by atoms with Crippen LogP contribution in [0.5, 0.6) is 5.75 Å². The molecule has 2 aromatic carbocycles. The Bertz CT molecular complexity index is 1270. The summed E-state index contributed by atoms with van der Waals surface area (Å²) in [6, 6.07) is 12.9. The SMILES string of the molecule is CCN(CC)c1ccc(CN(C(=O)c2cccs2)C(C)C)c(OS(=O)(=O)c2ccc(Cl)c(Cl)c2)c1. The van der Waals surface area contributed by atoms with E-state index < -0.39 is 10.1 Å². The summed E-state index contributed by atoms with van der Waals surface area (Å²) in [5, 5.41) is 2.21. The van der Waals surface area contributed by atoms with Gasteiger partial charge in [0.2, 0.25) is 0 Å². The number of hydrogen-bond acceptors (Lipinski definition) is 6. The fraction of sp³-hybridized carbons (Fsp3) is 0.320. The number of carbonyl (C=O) groups is 1. The lowest BCUT2D eigenvalue weighted by molar-refractivity contribution is 0.0695. The standard InChI is InChI=1S/C25H28Cl2N2O4S2/c1-5-28(6-2)19-10-9-18(16-29(17(3)4)25(30)24-8-7-13-34-24)23(14-19)33-35(31,32)20-11-12-21(26)22(27)15-20/h7-15,17H,5-6,16H2,1-4H3. The van der Waals surface area contributed by atoms with Crippen LogP contribution in [0.3, 0.4) is 0 Å². The van der Waals surface area contributed by atoms with Gasteiger partial charge in [0.15, 0.2) is 0 Å². The Kier molecular flexibility index (Phi) is 9.10. The molecule has 0 fully saturated rings. The molecule has 1 amide bonds. The predicted molar refractivity (Wildman–Crippen MR) is 144 cm³/mol. The van der Waals surface area contributed by atoms with Gasteiger partial charge >= 0.3 is 10.1 Å².